The fraction of sp³-hybridized carbons (Fsp3) is 0.469. The van der Waals surface area contributed by atoms with Gasteiger partial charge < -0.3 is 25.6 Å². The van der Waals surface area contributed by atoms with Crippen molar-refractivity contribution in [2.45, 2.75) is 193 Å². The lowest BCUT2D eigenvalue weighted by molar-refractivity contribution is -0.193. The number of aliphatic hydroxyl groups excluding tert-OH is 1. The fourth-order valence-electron chi connectivity index (χ4n) is 16.4. The first-order valence-electron chi connectivity index (χ1n) is 39.6. The zero-order chi connectivity index (χ0) is 85.1. The Hall–Kier alpha value is -13.3. The third-order valence-electron chi connectivity index (χ3n) is 22.0. The standard InChI is InChI=1S/C20H25N7O.C20H25N7.C19H23N7O2S.C19H23N7.3CO2/c1-14-6-7-18-19(24-20(22-10-11-28)25-27(14)18)16-12-23-26(13-16)17(8-9-21)15-4-2-3-5-15;1-3-22-20-24-19(18-9-8-14(2)27(18)25-20)16-12-23-26(13-16)17(10-11-21)15-6-4-5-7-15;1-13-6-7-17-19(23-18(24-26(13)17)12-29(21,27)28)15-10-22-25(11-15)16(8-9-20)14-4-2-3-5-14;1-13-7-8-17-18(23-19(21-2)24-26(13)17)15-11-22-25(12-15)16(9-10-20)14-5-3-4-6-14;3*2-1-3/h6-7,12-13,15,17,28H,2-5,8,10-11H2,1H3,(H,22,25);8-9,12-13,15,17H,3-7,10H2,1-2H3,(H,22,25);6-7,10-11,14,16H,2-5,8,12H2,1H3,(H2,21,27,28);7-8,11-12,14,16H,3-6,9H2,1-2H3,(H,21,24);;;. The van der Waals surface area contributed by atoms with E-state index in [0.717, 1.165) is 116 Å². The fourth-order valence-corrected chi connectivity index (χ4v) is 16.9. The van der Waals surface area contributed by atoms with Crippen molar-refractivity contribution >= 4 is 68.4 Å². The molecule has 5 unspecified atom stereocenters. The number of aryl methyl sites for hydroxylation is 4. The minimum atomic E-state index is -3.76. The molecule has 0 amide bonds. The Bertz CT molecular complexity index is 5770. The summed E-state index contributed by atoms with van der Waals surface area (Å²) in [7, 11) is -1.95. The third kappa shape index (κ3) is 21.9. The number of anilines is 3. The van der Waals surface area contributed by atoms with E-state index in [-0.39, 0.29) is 55.1 Å². The number of rotatable bonds is 24. The molecular weight excluding hydrogens is 1540 g/mol. The molecule has 620 valence electrons. The number of carbonyl (C=O) groups excluding carboxylic acids is 6. The Morgan fingerprint density at radius 2 is 0.714 bits per heavy atom. The minimum absolute atomic E-state index is 0.0105. The number of hydrogen-bond donors (Lipinski definition) is 6. The Morgan fingerprint density at radius 1 is 0.445 bits per heavy atom. The minimum Gasteiger partial charge on any atom is -0.395 e. The summed E-state index contributed by atoms with van der Waals surface area (Å²) in [6.45, 7) is 11.1. The highest BCUT2D eigenvalue weighted by Gasteiger charge is 2.32. The van der Waals surface area contributed by atoms with E-state index in [4.69, 9.17) is 43.6 Å². The molecule has 12 aromatic rings. The van der Waals surface area contributed by atoms with E-state index in [1.165, 1.54) is 77.0 Å². The lowest BCUT2D eigenvalue weighted by atomic mass is 9.96. The Morgan fingerprint density at radius 3 is 0.983 bits per heavy atom. The second kappa shape index (κ2) is 42.5. The van der Waals surface area contributed by atoms with Gasteiger partial charge >= 0.3 is 18.5 Å². The molecule has 38 heteroatoms. The summed E-state index contributed by atoms with van der Waals surface area (Å²) in [5.74, 6) is 3.36. The molecule has 12 heterocycles. The van der Waals surface area contributed by atoms with Crippen LogP contribution in [0, 0.1) is 101 Å². The van der Waals surface area contributed by atoms with Crippen molar-refractivity contribution in [3.8, 4) is 69.3 Å². The van der Waals surface area contributed by atoms with Gasteiger partial charge in [-0.2, -0.15) is 75.3 Å². The van der Waals surface area contributed by atoms with Crippen LogP contribution in [0.15, 0.2) is 98.1 Å². The number of hydrogen-bond acceptors (Lipinski definition) is 28. The first-order valence-corrected chi connectivity index (χ1v) is 41.2. The van der Waals surface area contributed by atoms with Gasteiger partial charge in [0.2, 0.25) is 17.8 Å². The van der Waals surface area contributed by atoms with Crippen molar-refractivity contribution < 1.29 is 42.6 Å². The molecular formula is C81H96N28O9S. The summed E-state index contributed by atoms with van der Waals surface area (Å²) < 4.78 is 43.4. The maximum Gasteiger partial charge on any atom is 0.373 e. The topological polar surface area (TPSA) is 507 Å². The van der Waals surface area contributed by atoms with Crippen molar-refractivity contribution in [1.82, 2.24) is 97.5 Å². The summed E-state index contributed by atoms with van der Waals surface area (Å²) in [5.41, 5.74) is 14.2. The van der Waals surface area contributed by atoms with Gasteiger partial charge in [-0.1, -0.05) is 51.4 Å². The van der Waals surface area contributed by atoms with Gasteiger partial charge in [0.05, 0.1) is 128 Å². The van der Waals surface area contributed by atoms with E-state index in [9.17, 15) is 29.8 Å². The molecule has 4 aliphatic carbocycles. The van der Waals surface area contributed by atoms with Crippen molar-refractivity contribution in [2.75, 3.05) is 42.7 Å². The molecule has 37 nitrogen and oxygen atoms in total. The summed E-state index contributed by atoms with van der Waals surface area (Å²) in [5, 5.41) is 91.8. The number of nitrogens with zero attached hydrogens (tertiary/aromatic N) is 24. The first kappa shape index (κ1) is 88.1. The SMILES string of the molecule is CCNc1nc(-c2cnn(C(CC#N)C3CCCC3)c2)c2ccc(C)n2n1.CNc1nc(-c2cnn(C(CC#N)C3CCCC3)c2)c2ccc(C)n2n1.Cc1ccc2c(-c3cnn(C(CC#N)C4CCCC4)c3)nc(CS(=N)(=O)O)nn12.Cc1ccc2c(-c3cnn(C(CC#N)C4CCCC4)c3)nc(NCCO)nn12.O=C=O.O=C=O.O=C=O. The number of nitriles is 4. The van der Waals surface area contributed by atoms with Crippen LogP contribution < -0.4 is 16.0 Å². The van der Waals surface area contributed by atoms with Crippen LogP contribution >= 0.6 is 0 Å². The number of nitrogens with one attached hydrogen (secondary N) is 4. The lowest BCUT2D eigenvalue weighted by Gasteiger charge is -2.21. The van der Waals surface area contributed by atoms with Crippen LogP contribution in [0.1, 0.15) is 188 Å². The van der Waals surface area contributed by atoms with Gasteiger partial charge in [-0.3, -0.25) is 18.7 Å². The van der Waals surface area contributed by atoms with Crippen LogP contribution in [0.4, 0.5) is 17.8 Å². The molecule has 4 aliphatic rings. The lowest BCUT2D eigenvalue weighted by Crippen LogP contribution is -2.17. The number of fused-ring (bicyclic) bond motifs is 4. The van der Waals surface area contributed by atoms with Gasteiger partial charge in [0.25, 0.3) is 0 Å². The van der Waals surface area contributed by atoms with Gasteiger partial charge in [-0.25, -0.2) is 47.0 Å². The molecule has 16 rings (SSSR count). The highest BCUT2D eigenvalue weighted by atomic mass is 32.2. The monoisotopic (exact) mass is 1640 g/mol. The largest absolute Gasteiger partial charge is 0.395 e. The average Bonchev–Trinajstić information content (AvgIpc) is 1.66. The molecule has 12 aromatic heterocycles. The third-order valence-corrected chi connectivity index (χ3v) is 22.6. The van der Waals surface area contributed by atoms with E-state index in [2.05, 4.69) is 96.0 Å². The van der Waals surface area contributed by atoms with Crippen molar-refractivity contribution in [2.24, 2.45) is 23.7 Å². The maximum absolute atomic E-state index is 11.6. The van der Waals surface area contributed by atoms with Gasteiger partial charge in [0, 0.05) is 90.0 Å². The number of aromatic nitrogens is 20. The van der Waals surface area contributed by atoms with E-state index in [1.807, 2.05) is 166 Å². The van der Waals surface area contributed by atoms with E-state index >= 15 is 0 Å². The van der Waals surface area contributed by atoms with Gasteiger partial charge in [-0.15, -0.1) is 15.3 Å². The molecule has 0 bridgehead atoms. The van der Waals surface area contributed by atoms with Crippen LogP contribution in [0.2, 0.25) is 0 Å². The molecule has 119 heavy (non-hydrogen) atoms. The molecule has 0 aromatic carbocycles. The van der Waals surface area contributed by atoms with Crippen molar-refractivity contribution in [1.29, 1.82) is 25.8 Å². The zero-order valence-electron chi connectivity index (χ0n) is 67.2. The van der Waals surface area contributed by atoms with Crippen LogP contribution in [-0.4, -0.2) is 157 Å². The second-order valence-corrected chi connectivity index (χ2v) is 31.1. The van der Waals surface area contributed by atoms with Crippen molar-refractivity contribution in [3.05, 3.63) is 127 Å². The van der Waals surface area contributed by atoms with E-state index in [1.54, 1.807) is 10.7 Å². The molecule has 4 fully saturated rings. The smallest absolute Gasteiger partial charge is 0.373 e. The molecule has 0 radical (unpaired) electrons. The van der Waals surface area contributed by atoms with Gasteiger partial charge in [-0.05, 0) is 158 Å². The van der Waals surface area contributed by atoms with Gasteiger partial charge in [0.15, 0.2) is 15.8 Å². The zero-order valence-corrected chi connectivity index (χ0v) is 68.0. The van der Waals surface area contributed by atoms with Crippen molar-refractivity contribution in [3.63, 3.8) is 0 Å². The molecule has 0 aliphatic heterocycles. The molecule has 6 N–H and O–H groups in total. The first-order chi connectivity index (χ1) is 57.7. The predicted octanol–water partition coefficient (Wildman–Crippen LogP) is 12.3. The highest BCUT2D eigenvalue weighted by molar-refractivity contribution is 7.86. The maximum atomic E-state index is 11.6. The Kier molecular flexibility index (Phi) is 31.5. The Labute approximate surface area is 686 Å². The summed E-state index contributed by atoms with van der Waals surface area (Å²) in [6, 6.07) is 25.7. The predicted molar refractivity (Wildman–Crippen MR) is 432 cm³/mol. The van der Waals surface area contributed by atoms with E-state index < -0.39 is 15.8 Å². The summed E-state index contributed by atoms with van der Waals surface area (Å²) in [4.78, 5) is 67.3. The van der Waals surface area contributed by atoms with E-state index in [0.29, 0.717) is 79.4 Å². The average molecular weight is 1640 g/mol. The second-order valence-electron chi connectivity index (χ2n) is 29.5. The van der Waals surface area contributed by atoms with Crippen LogP contribution in [0.25, 0.3) is 67.1 Å². The number of aliphatic hydroxyl groups is 1. The normalized spacial score (nSPS) is 15.4. The van der Waals surface area contributed by atoms with Crippen LogP contribution in [-0.2, 0) is 44.5 Å². The molecule has 0 spiro atoms. The quantitative estimate of drug-likeness (QED) is 0.0327. The molecule has 0 saturated heterocycles. The summed E-state index contributed by atoms with van der Waals surface area (Å²) in [6.07, 6.45) is 36.9. The van der Waals surface area contributed by atoms with Crippen LogP contribution in [0.3, 0.4) is 0 Å². The summed E-state index contributed by atoms with van der Waals surface area (Å²) >= 11 is 0. The Balaban J connectivity index is 0.000000161. The highest BCUT2D eigenvalue weighted by Crippen LogP contribution is 2.42. The molecule has 5 atom stereocenters. The van der Waals surface area contributed by atoms with Crippen LogP contribution in [0.5, 0.6) is 0 Å². The molecule has 4 saturated carbocycles. The van der Waals surface area contributed by atoms with Gasteiger partial charge in [0.1, 0.15) is 28.5 Å².